The second kappa shape index (κ2) is 4.60. The van der Waals surface area contributed by atoms with Gasteiger partial charge in [0.15, 0.2) is 5.82 Å². The lowest BCUT2D eigenvalue weighted by Crippen LogP contribution is -2.32. The summed E-state index contributed by atoms with van der Waals surface area (Å²) >= 11 is 0. The third kappa shape index (κ3) is 2.30. The summed E-state index contributed by atoms with van der Waals surface area (Å²) in [6.45, 7) is 5.15. The van der Waals surface area contributed by atoms with Gasteiger partial charge in [-0.15, -0.1) is 0 Å². The Morgan fingerprint density at radius 2 is 2.11 bits per heavy atom. The lowest BCUT2D eigenvalue weighted by Gasteiger charge is -2.19. The zero-order valence-electron chi connectivity index (χ0n) is 10.9. The number of aromatic nitrogens is 2. The van der Waals surface area contributed by atoms with Crippen LogP contribution in [0.15, 0.2) is 12.1 Å². The molecule has 0 atom stereocenters. The fraction of sp³-hybridized carbons (Fsp3) is 0.385. The lowest BCUT2D eigenvalue weighted by atomic mass is 9.93. The summed E-state index contributed by atoms with van der Waals surface area (Å²) < 4.78 is 31.6. The Labute approximate surface area is 108 Å². The number of fused-ring (bicyclic) bond motifs is 1. The van der Waals surface area contributed by atoms with Gasteiger partial charge < -0.3 is 9.72 Å². The van der Waals surface area contributed by atoms with Crippen LogP contribution in [0.1, 0.15) is 26.6 Å². The molecule has 1 aromatic carbocycles. The first-order valence-electron chi connectivity index (χ1n) is 5.88. The summed E-state index contributed by atoms with van der Waals surface area (Å²) in [5.74, 6) is -1.70. The molecule has 1 aromatic heterocycles. The van der Waals surface area contributed by atoms with E-state index in [4.69, 9.17) is 4.74 Å². The first-order chi connectivity index (χ1) is 8.86. The van der Waals surface area contributed by atoms with Crippen molar-refractivity contribution in [1.82, 2.24) is 9.97 Å². The minimum absolute atomic E-state index is 0.00812. The maximum Gasteiger partial charge on any atom is 0.319 e. The normalized spacial score (nSPS) is 11.8. The molecule has 2 rings (SSSR count). The van der Waals surface area contributed by atoms with Gasteiger partial charge >= 0.3 is 5.97 Å². The SMILES string of the molecule is CCOC(=O)C(C)(C)c1nc2c(F)cc(F)cc2[nH]1. The molecule has 6 heteroatoms. The van der Waals surface area contributed by atoms with Crippen molar-refractivity contribution in [2.75, 3.05) is 6.61 Å². The van der Waals surface area contributed by atoms with Crippen LogP contribution >= 0.6 is 0 Å². The predicted octanol–water partition coefficient (Wildman–Crippen LogP) is 2.68. The summed E-state index contributed by atoms with van der Waals surface area (Å²) in [5, 5.41) is 0. The molecule has 0 fully saturated rings. The number of hydrogen-bond donors (Lipinski definition) is 1. The molecule has 19 heavy (non-hydrogen) atoms. The fourth-order valence-corrected chi connectivity index (χ4v) is 1.75. The summed E-state index contributed by atoms with van der Waals surface area (Å²) in [7, 11) is 0. The Bertz CT molecular complexity index is 635. The van der Waals surface area contributed by atoms with Crippen molar-refractivity contribution in [3.63, 3.8) is 0 Å². The maximum atomic E-state index is 13.6. The van der Waals surface area contributed by atoms with Gasteiger partial charge in [0.25, 0.3) is 0 Å². The van der Waals surface area contributed by atoms with E-state index in [1.54, 1.807) is 20.8 Å². The van der Waals surface area contributed by atoms with Gasteiger partial charge in [0.05, 0.1) is 12.1 Å². The zero-order valence-corrected chi connectivity index (χ0v) is 10.9. The quantitative estimate of drug-likeness (QED) is 0.871. The summed E-state index contributed by atoms with van der Waals surface area (Å²) in [4.78, 5) is 18.6. The van der Waals surface area contributed by atoms with Crippen molar-refractivity contribution in [2.45, 2.75) is 26.2 Å². The number of halogens is 2. The van der Waals surface area contributed by atoms with Gasteiger partial charge in [-0.3, -0.25) is 4.79 Å². The van der Waals surface area contributed by atoms with Crippen LogP contribution in [0.3, 0.4) is 0 Å². The van der Waals surface area contributed by atoms with Gasteiger partial charge in [-0.25, -0.2) is 13.8 Å². The topological polar surface area (TPSA) is 55.0 Å². The van der Waals surface area contributed by atoms with Gasteiger partial charge in [-0.2, -0.15) is 0 Å². The molecule has 4 nitrogen and oxygen atoms in total. The van der Waals surface area contributed by atoms with Gasteiger partial charge in [0.2, 0.25) is 0 Å². The minimum Gasteiger partial charge on any atom is -0.465 e. The van der Waals surface area contributed by atoms with Crippen LogP contribution in [0, 0.1) is 11.6 Å². The highest BCUT2D eigenvalue weighted by Gasteiger charge is 2.35. The molecule has 0 saturated heterocycles. The van der Waals surface area contributed by atoms with Crippen molar-refractivity contribution in [2.24, 2.45) is 0 Å². The standard InChI is InChI=1S/C13H14F2N2O2/c1-4-19-12(18)13(2,3)11-16-9-6-7(14)5-8(15)10(9)17-11/h5-6H,4H2,1-3H3,(H,16,17). The molecule has 0 unspecified atom stereocenters. The first kappa shape index (κ1) is 13.5. The number of nitrogens with one attached hydrogen (secondary N) is 1. The van der Waals surface area contributed by atoms with Crippen molar-refractivity contribution in [1.29, 1.82) is 0 Å². The van der Waals surface area contributed by atoms with Gasteiger partial charge in [-0.05, 0) is 26.8 Å². The number of carbonyl (C=O) groups excluding carboxylic acids is 1. The van der Waals surface area contributed by atoms with Crippen LogP contribution in [-0.2, 0) is 14.9 Å². The summed E-state index contributed by atoms with van der Waals surface area (Å²) in [6, 6.07) is 1.89. The Kier molecular flexibility index (Phi) is 3.26. The molecule has 2 aromatic rings. The molecule has 0 bridgehead atoms. The largest absolute Gasteiger partial charge is 0.465 e. The second-order valence-electron chi connectivity index (χ2n) is 4.71. The van der Waals surface area contributed by atoms with E-state index in [1.165, 1.54) is 0 Å². The molecule has 0 spiro atoms. The maximum absolute atomic E-state index is 13.6. The fourth-order valence-electron chi connectivity index (χ4n) is 1.75. The highest BCUT2D eigenvalue weighted by molar-refractivity contribution is 5.83. The van der Waals surface area contributed by atoms with Gasteiger partial charge in [-0.1, -0.05) is 0 Å². The summed E-state index contributed by atoms with van der Waals surface area (Å²) in [5.41, 5.74) is -0.837. The van der Waals surface area contributed by atoms with Gasteiger partial charge in [0, 0.05) is 6.07 Å². The van der Waals surface area contributed by atoms with Gasteiger partial charge in [0.1, 0.15) is 22.6 Å². The number of rotatable bonds is 3. The average Bonchev–Trinajstić information content (AvgIpc) is 2.73. The van der Waals surface area contributed by atoms with Crippen molar-refractivity contribution < 1.29 is 18.3 Å². The molecule has 102 valence electrons. The number of ether oxygens (including phenoxy) is 1. The second-order valence-corrected chi connectivity index (χ2v) is 4.71. The molecule has 0 aliphatic rings. The van der Waals surface area contributed by atoms with Crippen LogP contribution < -0.4 is 0 Å². The third-order valence-electron chi connectivity index (χ3n) is 2.88. The number of imidazole rings is 1. The Morgan fingerprint density at radius 3 is 2.74 bits per heavy atom. The van der Waals surface area contributed by atoms with E-state index in [-0.39, 0.29) is 23.5 Å². The molecule has 0 aliphatic heterocycles. The van der Waals surface area contributed by atoms with E-state index < -0.39 is 23.0 Å². The number of esters is 1. The number of hydrogen-bond acceptors (Lipinski definition) is 3. The van der Waals surface area contributed by atoms with E-state index >= 15 is 0 Å². The Balaban J connectivity index is 2.52. The third-order valence-corrected chi connectivity index (χ3v) is 2.88. The molecule has 0 aliphatic carbocycles. The molecular weight excluding hydrogens is 254 g/mol. The van der Waals surface area contributed by atoms with Crippen LogP contribution in [0.2, 0.25) is 0 Å². The van der Waals surface area contributed by atoms with Crippen molar-refractivity contribution in [3.05, 3.63) is 29.6 Å². The van der Waals surface area contributed by atoms with Crippen LogP contribution in [0.5, 0.6) is 0 Å². The molecule has 1 heterocycles. The van der Waals surface area contributed by atoms with E-state index in [0.29, 0.717) is 0 Å². The molecular formula is C13H14F2N2O2. The van der Waals surface area contributed by atoms with Crippen LogP contribution in [-0.4, -0.2) is 22.5 Å². The Hall–Kier alpha value is -1.98. The predicted molar refractivity (Wildman–Crippen MR) is 65.7 cm³/mol. The average molecular weight is 268 g/mol. The number of carbonyl (C=O) groups is 1. The van der Waals surface area contributed by atoms with Crippen molar-refractivity contribution in [3.8, 4) is 0 Å². The Morgan fingerprint density at radius 1 is 1.42 bits per heavy atom. The minimum atomic E-state index is -1.06. The van der Waals surface area contributed by atoms with Crippen LogP contribution in [0.4, 0.5) is 8.78 Å². The number of aromatic amines is 1. The zero-order chi connectivity index (χ0) is 14.2. The number of benzene rings is 1. The highest BCUT2D eigenvalue weighted by atomic mass is 19.1. The first-order valence-corrected chi connectivity index (χ1v) is 5.88. The molecule has 0 amide bonds. The van der Waals surface area contributed by atoms with Crippen LogP contribution in [0.25, 0.3) is 11.0 Å². The smallest absolute Gasteiger partial charge is 0.319 e. The van der Waals surface area contributed by atoms with E-state index in [1.807, 2.05) is 0 Å². The number of nitrogens with zero attached hydrogens (tertiary/aromatic N) is 1. The van der Waals surface area contributed by atoms with Crippen molar-refractivity contribution >= 4 is 17.0 Å². The van der Waals surface area contributed by atoms with E-state index in [0.717, 1.165) is 12.1 Å². The molecule has 0 saturated carbocycles. The molecule has 1 N–H and O–H groups in total. The lowest BCUT2D eigenvalue weighted by molar-refractivity contribution is -0.149. The van der Waals surface area contributed by atoms with E-state index in [9.17, 15) is 13.6 Å². The summed E-state index contributed by atoms with van der Waals surface area (Å²) in [6.07, 6.45) is 0. The van der Waals surface area contributed by atoms with E-state index in [2.05, 4.69) is 9.97 Å². The monoisotopic (exact) mass is 268 g/mol. The highest BCUT2D eigenvalue weighted by Crippen LogP contribution is 2.26. The number of H-pyrrole nitrogens is 1. The molecule has 0 radical (unpaired) electrons.